The highest BCUT2D eigenvalue weighted by Crippen LogP contribution is 2.26. The average molecular weight is 292 g/mol. The maximum absolute atomic E-state index is 12.0. The Labute approximate surface area is 121 Å². The van der Waals surface area contributed by atoms with E-state index in [0.29, 0.717) is 18.4 Å². The fourth-order valence-corrected chi connectivity index (χ4v) is 2.70. The minimum Gasteiger partial charge on any atom is -0.481 e. The molecule has 0 heterocycles. The molecule has 1 fully saturated rings. The van der Waals surface area contributed by atoms with Gasteiger partial charge >= 0.3 is 5.97 Å². The summed E-state index contributed by atoms with van der Waals surface area (Å²) in [5.74, 6) is -1.87. The molecule has 1 aliphatic rings. The van der Waals surface area contributed by atoms with Gasteiger partial charge in [0, 0.05) is 17.7 Å². The van der Waals surface area contributed by atoms with Gasteiger partial charge in [-0.25, -0.2) is 0 Å². The van der Waals surface area contributed by atoms with E-state index < -0.39 is 22.9 Å². The lowest BCUT2D eigenvalue weighted by Gasteiger charge is -2.17. The van der Waals surface area contributed by atoms with Crippen LogP contribution in [0.25, 0.3) is 0 Å². The van der Waals surface area contributed by atoms with Crippen LogP contribution in [0.1, 0.15) is 24.8 Å². The molecule has 0 spiro atoms. The smallest absolute Gasteiger partial charge is 0.308 e. The Balaban J connectivity index is 2.02. The van der Waals surface area contributed by atoms with E-state index in [1.54, 1.807) is 6.07 Å². The van der Waals surface area contributed by atoms with Crippen molar-refractivity contribution in [2.75, 3.05) is 0 Å². The number of nitrogens with one attached hydrogen (secondary N) is 1. The highest BCUT2D eigenvalue weighted by atomic mass is 16.6. The Morgan fingerprint density at radius 2 is 2.05 bits per heavy atom. The van der Waals surface area contributed by atoms with Gasteiger partial charge < -0.3 is 10.4 Å². The summed E-state index contributed by atoms with van der Waals surface area (Å²) >= 11 is 0. The molecule has 7 nitrogen and oxygen atoms in total. The number of nitro benzene ring substituents is 1. The molecule has 0 radical (unpaired) electrons. The van der Waals surface area contributed by atoms with Crippen LogP contribution in [0.2, 0.25) is 0 Å². The number of amides is 1. The number of hydrogen-bond donors (Lipinski definition) is 2. The van der Waals surface area contributed by atoms with Gasteiger partial charge in [0.15, 0.2) is 0 Å². The molecule has 2 atom stereocenters. The zero-order valence-electron chi connectivity index (χ0n) is 11.3. The van der Waals surface area contributed by atoms with E-state index in [-0.39, 0.29) is 18.0 Å². The molecular formula is C14H16N2O5. The lowest BCUT2D eigenvalue weighted by molar-refractivity contribution is -0.385. The zero-order chi connectivity index (χ0) is 15.4. The maximum atomic E-state index is 12.0. The third kappa shape index (κ3) is 3.56. The summed E-state index contributed by atoms with van der Waals surface area (Å²) < 4.78 is 0. The number of nitro groups is 1. The third-order valence-electron chi connectivity index (χ3n) is 3.72. The molecule has 0 aliphatic heterocycles. The molecule has 2 rings (SSSR count). The normalized spacial score (nSPS) is 21.0. The lowest BCUT2D eigenvalue weighted by atomic mass is 10.0. The minimum absolute atomic E-state index is 0.103. The van der Waals surface area contributed by atoms with Crippen molar-refractivity contribution in [2.45, 2.75) is 31.7 Å². The molecule has 7 heteroatoms. The van der Waals surface area contributed by atoms with Gasteiger partial charge in [-0.1, -0.05) is 24.6 Å². The van der Waals surface area contributed by atoms with E-state index in [0.717, 1.165) is 6.42 Å². The molecule has 0 aromatic heterocycles. The summed E-state index contributed by atoms with van der Waals surface area (Å²) in [5, 5.41) is 22.6. The maximum Gasteiger partial charge on any atom is 0.308 e. The van der Waals surface area contributed by atoms with E-state index in [9.17, 15) is 19.7 Å². The Morgan fingerprint density at radius 3 is 2.71 bits per heavy atom. The number of aliphatic carboxylic acids is 1. The van der Waals surface area contributed by atoms with Gasteiger partial charge in [-0.05, 0) is 12.8 Å². The molecule has 1 aromatic carbocycles. The second-order valence-electron chi connectivity index (χ2n) is 5.11. The van der Waals surface area contributed by atoms with Gasteiger partial charge in [-0.3, -0.25) is 19.7 Å². The number of para-hydroxylation sites is 1. The summed E-state index contributed by atoms with van der Waals surface area (Å²) in [4.78, 5) is 33.4. The van der Waals surface area contributed by atoms with Gasteiger partial charge in [0.05, 0.1) is 17.3 Å². The van der Waals surface area contributed by atoms with Gasteiger partial charge in [-0.15, -0.1) is 0 Å². The predicted molar refractivity (Wildman–Crippen MR) is 73.7 cm³/mol. The number of carboxylic acids is 1. The van der Waals surface area contributed by atoms with Crippen LogP contribution in [-0.4, -0.2) is 27.9 Å². The number of hydrogen-bond acceptors (Lipinski definition) is 4. The second-order valence-corrected chi connectivity index (χ2v) is 5.11. The van der Waals surface area contributed by atoms with E-state index >= 15 is 0 Å². The van der Waals surface area contributed by atoms with E-state index in [4.69, 9.17) is 5.11 Å². The second kappa shape index (κ2) is 6.34. The number of carboxylic acid groups (broad SMARTS) is 1. The van der Waals surface area contributed by atoms with Crippen molar-refractivity contribution >= 4 is 17.6 Å². The number of nitrogens with zero attached hydrogens (tertiary/aromatic N) is 1. The van der Waals surface area contributed by atoms with Crippen LogP contribution in [0.15, 0.2) is 24.3 Å². The van der Waals surface area contributed by atoms with Crippen molar-refractivity contribution in [3.8, 4) is 0 Å². The standard InChI is InChI=1S/C14H16N2O5/c17-13(15-11-6-3-5-10(11)14(18)19)8-9-4-1-2-7-12(9)16(20)21/h1-2,4,7,10-11H,3,5-6,8H2,(H,15,17)(H,18,19). The summed E-state index contributed by atoms with van der Waals surface area (Å²) in [5.41, 5.74) is 0.221. The van der Waals surface area contributed by atoms with Gasteiger partial charge in [0.2, 0.25) is 5.91 Å². The first kappa shape index (κ1) is 15.0. The van der Waals surface area contributed by atoms with Gasteiger partial charge in [0.1, 0.15) is 0 Å². The molecular weight excluding hydrogens is 276 g/mol. The topological polar surface area (TPSA) is 110 Å². The molecule has 112 valence electrons. The number of benzene rings is 1. The molecule has 0 bridgehead atoms. The molecule has 2 N–H and O–H groups in total. The minimum atomic E-state index is -0.913. The fraction of sp³-hybridized carbons (Fsp3) is 0.429. The van der Waals surface area contributed by atoms with Crippen molar-refractivity contribution < 1.29 is 19.6 Å². The summed E-state index contributed by atoms with van der Waals surface area (Å²) in [7, 11) is 0. The Morgan fingerprint density at radius 1 is 1.33 bits per heavy atom. The summed E-state index contributed by atoms with van der Waals surface area (Å²) in [6.07, 6.45) is 1.80. The number of rotatable bonds is 5. The monoisotopic (exact) mass is 292 g/mol. The Bertz CT molecular complexity index is 572. The lowest BCUT2D eigenvalue weighted by Crippen LogP contribution is -2.40. The summed E-state index contributed by atoms with van der Waals surface area (Å²) in [6, 6.07) is 5.65. The van der Waals surface area contributed by atoms with Crippen molar-refractivity contribution in [1.29, 1.82) is 0 Å². The van der Waals surface area contributed by atoms with Crippen molar-refractivity contribution in [3.05, 3.63) is 39.9 Å². The van der Waals surface area contributed by atoms with Crippen molar-refractivity contribution in [2.24, 2.45) is 5.92 Å². The first-order valence-corrected chi connectivity index (χ1v) is 6.73. The van der Waals surface area contributed by atoms with Crippen LogP contribution in [-0.2, 0) is 16.0 Å². The number of carbonyl (C=O) groups excluding carboxylic acids is 1. The van der Waals surface area contributed by atoms with Gasteiger partial charge in [-0.2, -0.15) is 0 Å². The predicted octanol–water partition coefficient (Wildman–Crippen LogP) is 1.51. The third-order valence-corrected chi connectivity index (χ3v) is 3.72. The van der Waals surface area contributed by atoms with Crippen LogP contribution in [0.4, 0.5) is 5.69 Å². The Kier molecular flexibility index (Phi) is 4.52. The van der Waals surface area contributed by atoms with Crippen LogP contribution < -0.4 is 5.32 Å². The number of carbonyl (C=O) groups is 2. The average Bonchev–Trinajstić information content (AvgIpc) is 2.87. The quantitative estimate of drug-likeness (QED) is 0.631. The molecule has 1 saturated carbocycles. The largest absolute Gasteiger partial charge is 0.481 e. The van der Waals surface area contributed by atoms with Crippen molar-refractivity contribution in [1.82, 2.24) is 5.32 Å². The molecule has 1 aliphatic carbocycles. The summed E-state index contributed by atoms with van der Waals surface area (Å²) in [6.45, 7) is 0. The van der Waals surface area contributed by atoms with Gasteiger partial charge in [0.25, 0.3) is 5.69 Å². The highest BCUT2D eigenvalue weighted by Gasteiger charge is 2.34. The molecule has 2 unspecified atom stereocenters. The van der Waals surface area contributed by atoms with Crippen LogP contribution in [0, 0.1) is 16.0 Å². The van der Waals surface area contributed by atoms with Crippen LogP contribution in [0.3, 0.4) is 0 Å². The molecule has 1 aromatic rings. The van der Waals surface area contributed by atoms with Crippen LogP contribution >= 0.6 is 0 Å². The van der Waals surface area contributed by atoms with E-state index in [1.807, 2.05) is 0 Å². The molecule has 21 heavy (non-hydrogen) atoms. The first-order valence-electron chi connectivity index (χ1n) is 6.73. The van der Waals surface area contributed by atoms with E-state index in [2.05, 4.69) is 5.32 Å². The SMILES string of the molecule is O=C(Cc1ccccc1[N+](=O)[O-])NC1CCCC1C(=O)O. The molecule has 0 saturated heterocycles. The Hall–Kier alpha value is -2.44. The highest BCUT2D eigenvalue weighted by molar-refractivity contribution is 5.81. The van der Waals surface area contributed by atoms with Crippen molar-refractivity contribution in [3.63, 3.8) is 0 Å². The fourth-order valence-electron chi connectivity index (χ4n) is 2.70. The van der Waals surface area contributed by atoms with Crippen LogP contribution in [0.5, 0.6) is 0 Å². The zero-order valence-corrected chi connectivity index (χ0v) is 11.3. The van der Waals surface area contributed by atoms with E-state index in [1.165, 1.54) is 18.2 Å². The first-order chi connectivity index (χ1) is 9.99. The molecule has 1 amide bonds.